The van der Waals surface area contributed by atoms with E-state index in [4.69, 9.17) is 4.74 Å². The molecule has 1 aliphatic rings. The Morgan fingerprint density at radius 2 is 1.64 bits per heavy atom. The van der Waals surface area contributed by atoms with Crippen molar-refractivity contribution in [3.63, 3.8) is 0 Å². The van der Waals surface area contributed by atoms with E-state index in [2.05, 4.69) is 10.2 Å². The van der Waals surface area contributed by atoms with Crippen molar-refractivity contribution >= 4 is 21.6 Å². The van der Waals surface area contributed by atoms with Gasteiger partial charge in [0.1, 0.15) is 5.75 Å². The van der Waals surface area contributed by atoms with E-state index in [0.29, 0.717) is 54.6 Å². The normalized spacial score (nSPS) is 15.1. The maximum Gasteiger partial charge on any atom is 0.255 e. The number of nitrogens with zero attached hydrogens (tertiary/aromatic N) is 2. The number of benzene rings is 3. The Labute approximate surface area is 213 Å². The van der Waals surface area contributed by atoms with Gasteiger partial charge in [-0.1, -0.05) is 35.9 Å². The van der Waals surface area contributed by atoms with E-state index >= 15 is 0 Å². The molecule has 0 aliphatic carbocycles. The van der Waals surface area contributed by atoms with Crippen LogP contribution in [-0.2, 0) is 16.6 Å². The Hall–Kier alpha value is -3.20. The highest BCUT2D eigenvalue weighted by atomic mass is 32.2. The van der Waals surface area contributed by atoms with E-state index in [1.165, 1.54) is 0 Å². The first-order valence-corrected chi connectivity index (χ1v) is 13.6. The molecule has 0 spiro atoms. The first-order valence-electron chi connectivity index (χ1n) is 12.2. The highest BCUT2D eigenvalue weighted by Gasteiger charge is 2.28. The van der Waals surface area contributed by atoms with Gasteiger partial charge >= 0.3 is 0 Å². The van der Waals surface area contributed by atoms with Crippen molar-refractivity contribution in [1.82, 2.24) is 9.21 Å². The molecule has 7 nitrogen and oxygen atoms in total. The van der Waals surface area contributed by atoms with Crippen LogP contribution in [0.25, 0.3) is 0 Å². The zero-order chi connectivity index (χ0) is 25.7. The monoisotopic (exact) mass is 507 g/mol. The topological polar surface area (TPSA) is 79.0 Å². The molecule has 3 aromatic rings. The summed E-state index contributed by atoms with van der Waals surface area (Å²) in [7, 11) is -3.49. The summed E-state index contributed by atoms with van der Waals surface area (Å²) in [6, 6.07) is 21.9. The van der Waals surface area contributed by atoms with Crippen molar-refractivity contribution in [1.29, 1.82) is 0 Å². The van der Waals surface area contributed by atoms with Crippen LogP contribution in [0.5, 0.6) is 5.75 Å². The molecule has 4 rings (SSSR count). The number of rotatable bonds is 8. The van der Waals surface area contributed by atoms with Crippen molar-refractivity contribution in [3.8, 4) is 5.75 Å². The van der Waals surface area contributed by atoms with Gasteiger partial charge in [-0.2, -0.15) is 4.31 Å². The van der Waals surface area contributed by atoms with Crippen LogP contribution in [0.3, 0.4) is 0 Å². The quantitative estimate of drug-likeness (QED) is 0.484. The van der Waals surface area contributed by atoms with Gasteiger partial charge in [0.2, 0.25) is 10.0 Å². The lowest BCUT2D eigenvalue weighted by Crippen LogP contribution is -2.48. The fourth-order valence-corrected chi connectivity index (χ4v) is 5.60. The molecule has 1 N–H and O–H groups in total. The molecule has 0 bridgehead atoms. The summed E-state index contributed by atoms with van der Waals surface area (Å²) >= 11 is 0. The van der Waals surface area contributed by atoms with Crippen LogP contribution >= 0.6 is 0 Å². The summed E-state index contributed by atoms with van der Waals surface area (Å²) in [5.74, 6) is 0.521. The number of anilines is 1. The van der Waals surface area contributed by atoms with E-state index in [9.17, 15) is 13.2 Å². The Balaban J connectivity index is 1.35. The zero-order valence-electron chi connectivity index (χ0n) is 21.0. The van der Waals surface area contributed by atoms with Gasteiger partial charge in [-0.25, -0.2) is 8.42 Å². The minimum atomic E-state index is -3.49. The number of nitrogens with one attached hydrogen (secondary N) is 1. The molecule has 1 heterocycles. The number of hydrogen-bond donors (Lipinski definition) is 1. The van der Waals surface area contributed by atoms with Gasteiger partial charge in [-0.05, 0) is 62.7 Å². The van der Waals surface area contributed by atoms with E-state index in [1.807, 2.05) is 75.4 Å². The Morgan fingerprint density at radius 3 is 2.33 bits per heavy atom. The molecule has 0 unspecified atom stereocenters. The first kappa shape index (κ1) is 25.9. The number of piperazine rings is 1. The van der Waals surface area contributed by atoms with Crippen LogP contribution in [0.2, 0.25) is 0 Å². The Bertz CT molecular complexity index is 1300. The summed E-state index contributed by atoms with van der Waals surface area (Å²) in [4.78, 5) is 15.4. The fourth-order valence-electron chi connectivity index (χ4n) is 4.18. The standard InChI is InChI=1S/C28H33N3O4S/c1-21(2)35-26-9-5-8-25(19-26)29-28(32)24-7-4-6-23(18-24)20-30-14-16-31(17-15-30)36(33,34)27-12-10-22(3)11-13-27/h4-13,18-19,21H,14-17,20H2,1-3H3,(H,29,32). The number of carbonyl (C=O) groups excluding carboxylic acids is 1. The molecule has 36 heavy (non-hydrogen) atoms. The summed E-state index contributed by atoms with van der Waals surface area (Å²) in [5, 5.41) is 2.94. The van der Waals surface area contributed by atoms with Crippen LogP contribution in [-0.4, -0.2) is 55.8 Å². The Morgan fingerprint density at radius 1 is 0.944 bits per heavy atom. The first-order chi connectivity index (χ1) is 17.2. The lowest BCUT2D eigenvalue weighted by molar-refractivity contribution is 0.102. The molecular formula is C28H33N3O4S. The van der Waals surface area contributed by atoms with Crippen molar-refractivity contribution < 1.29 is 17.9 Å². The number of hydrogen-bond acceptors (Lipinski definition) is 5. The third-order valence-electron chi connectivity index (χ3n) is 6.05. The summed E-state index contributed by atoms with van der Waals surface area (Å²) < 4.78 is 33.2. The van der Waals surface area contributed by atoms with Crippen molar-refractivity contribution in [2.24, 2.45) is 0 Å². The molecule has 1 amide bonds. The van der Waals surface area contributed by atoms with E-state index in [1.54, 1.807) is 22.5 Å². The second-order valence-corrected chi connectivity index (χ2v) is 11.3. The average molecular weight is 508 g/mol. The van der Waals surface area contributed by atoms with Crippen LogP contribution in [0.1, 0.15) is 35.3 Å². The van der Waals surface area contributed by atoms with Gasteiger partial charge in [-0.15, -0.1) is 0 Å². The molecule has 0 atom stereocenters. The third kappa shape index (κ3) is 6.51. The molecule has 1 saturated heterocycles. The van der Waals surface area contributed by atoms with Gasteiger partial charge in [-0.3, -0.25) is 9.69 Å². The molecule has 0 radical (unpaired) electrons. The second kappa shape index (κ2) is 11.2. The summed E-state index contributed by atoms with van der Waals surface area (Å²) in [5.41, 5.74) is 3.29. The van der Waals surface area contributed by atoms with Crippen molar-refractivity contribution in [2.45, 2.75) is 38.3 Å². The minimum absolute atomic E-state index is 0.0530. The third-order valence-corrected chi connectivity index (χ3v) is 7.96. The van der Waals surface area contributed by atoms with Gasteiger partial charge in [0.25, 0.3) is 5.91 Å². The minimum Gasteiger partial charge on any atom is -0.491 e. The summed E-state index contributed by atoms with van der Waals surface area (Å²) in [6.45, 7) is 8.63. The van der Waals surface area contributed by atoms with Gasteiger partial charge in [0.15, 0.2) is 0 Å². The van der Waals surface area contributed by atoms with Crippen LogP contribution in [0, 0.1) is 6.92 Å². The predicted octanol–water partition coefficient (Wildman–Crippen LogP) is 4.54. The van der Waals surface area contributed by atoms with Gasteiger partial charge in [0.05, 0.1) is 11.0 Å². The number of ether oxygens (including phenoxy) is 1. The second-order valence-electron chi connectivity index (χ2n) is 9.34. The van der Waals surface area contributed by atoms with Gasteiger partial charge in [0, 0.05) is 50.0 Å². The lowest BCUT2D eigenvalue weighted by Gasteiger charge is -2.34. The maximum absolute atomic E-state index is 13.0. The molecule has 1 aliphatic heterocycles. The molecule has 190 valence electrons. The molecule has 0 aromatic heterocycles. The fraction of sp³-hybridized carbons (Fsp3) is 0.321. The predicted molar refractivity (Wildman–Crippen MR) is 142 cm³/mol. The lowest BCUT2D eigenvalue weighted by atomic mass is 10.1. The summed E-state index contributed by atoms with van der Waals surface area (Å²) in [6.07, 6.45) is 0.0530. The smallest absolute Gasteiger partial charge is 0.255 e. The van der Waals surface area contributed by atoms with Crippen LogP contribution < -0.4 is 10.1 Å². The maximum atomic E-state index is 13.0. The molecule has 3 aromatic carbocycles. The zero-order valence-corrected chi connectivity index (χ0v) is 21.8. The van der Waals surface area contributed by atoms with Gasteiger partial charge < -0.3 is 10.1 Å². The van der Waals surface area contributed by atoms with E-state index < -0.39 is 10.0 Å². The Kier molecular flexibility index (Phi) is 8.08. The molecule has 1 fully saturated rings. The number of sulfonamides is 1. The molecule has 8 heteroatoms. The van der Waals surface area contributed by atoms with E-state index in [-0.39, 0.29) is 12.0 Å². The number of aryl methyl sites for hydroxylation is 1. The van der Waals surface area contributed by atoms with Crippen molar-refractivity contribution in [3.05, 3.63) is 89.5 Å². The molecule has 0 saturated carbocycles. The van der Waals surface area contributed by atoms with E-state index in [0.717, 1.165) is 11.1 Å². The number of carbonyl (C=O) groups is 1. The number of amides is 1. The van der Waals surface area contributed by atoms with Crippen LogP contribution in [0.15, 0.2) is 77.7 Å². The SMILES string of the molecule is Cc1ccc(S(=O)(=O)N2CCN(Cc3cccc(C(=O)Nc4cccc(OC(C)C)c4)c3)CC2)cc1. The van der Waals surface area contributed by atoms with Crippen LogP contribution in [0.4, 0.5) is 5.69 Å². The van der Waals surface area contributed by atoms with Crippen molar-refractivity contribution in [2.75, 3.05) is 31.5 Å². The highest BCUT2D eigenvalue weighted by Crippen LogP contribution is 2.21. The largest absolute Gasteiger partial charge is 0.491 e. The highest BCUT2D eigenvalue weighted by molar-refractivity contribution is 7.89. The molecular weight excluding hydrogens is 474 g/mol. The average Bonchev–Trinajstić information content (AvgIpc) is 2.85.